The summed E-state index contributed by atoms with van der Waals surface area (Å²) in [6.45, 7) is 2.12. The molecule has 0 amide bonds. The molecule has 0 atom stereocenters. The number of hydrogen-bond acceptors (Lipinski definition) is 5. The van der Waals surface area contributed by atoms with Gasteiger partial charge in [-0.25, -0.2) is 15.0 Å². The lowest BCUT2D eigenvalue weighted by molar-refractivity contribution is 0.886. The fourth-order valence-electron chi connectivity index (χ4n) is 2.88. The normalized spacial score (nSPS) is 11.1. The van der Waals surface area contributed by atoms with Crippen molar-refractivity contribution >= 4 is 28.3 Å². The van der Waals surface area contributed by atoms with E-state index in [1.165, 1.54) is 10.4 Å². The summed E-state index contributed by atoms with van der Waals surface area (Å²) in [5.74, 6) is 0.313. The Hall–Kier alpha value is -2.79. The van der Waals surface area contributed by atoms with Gasteiger partial charge in [0.05, 0.1) is 21.8 Å². The smallest absolute Gasteiger partial charge is 0.220 e. The van der Waals surface area contributed by atoms with Gasteiger partial charge in [-0.1, -0.05) is 43.7 Å². The van der Waals surface area contributed by atoms with E-state index in [0.29, 0.717) is 5.95 Å². The Kier molecular flexibility index (Phi) is 4.15. The zero-order valence-electron chi connectivity index (χ0n) is 13.9. The summed E-state index contributed by atoms with van der Waals surface area (Å²) in [7, 11) is 0. The van der Waals surface area contributed by atoms with Crippen molar-refractivity contribution in [1.29, 1.82) is 0 Å². The molecule has 3 aromatic heterocycles. The maximum atomic E-state index is 5.82. The molecule has 5 heteroatoms. The summed E-state index contributed by atoms with van der Waals surface area (Å²) < 4.78 is 0. The van der Waals surface area contributed by atoms with Gasteiger partial charge in [-0.3, -0.25) is 0 Å². The van der Waals surface area contributed by atoms with Gasteiger partial charge in [0.25, 0.3) is 0 Å². The van der Waals surface area contributed by atoms with E-state index in [0.717, 1.165) is 40.1 Å². The summed E-state index contributed by atoms with van der Waals surface area (Å²) in [5, 5.41) is 0. The number of nitrogens with two attached hydrogens (primary N) is 1. The molecule has 2 N–H and O–H groups in total. The summed E-state index contributed by atoms with van der Waals surface area (Å²) >= 11 is 1.74. The van der Waals surface area contributed by atoms with Crippen molar-refractivity contribution < 1.29 is 0 Å². The van der Waals surface area contributed by atoms with Gasteiger partial charge in [0, 0.05) is 4.88 Å². The number of benzene rings is 1. The number of fused-ring (bicyclic) bond motifs is 1. The molecule has 3 heterocycles. The van der Waals surface area contributed by atoms with Crippen LogP contribution in [-0.4, -0.2) is 15.0 Å². The van der Waals surface area contributed by atoms with Gasteiger partial charge in [0.2, 0.25) is 5.95 Å². The van der Waals surface area contributed by atoms with Gasteiger partial charge < -0.3 is 5.73 Å². The second-order valence-corrected chi connectivity index (χ2v) is 6.96. The molecule has 1 aromatic carbocycles. The molecule has 4 nitrogen and oxygen atoms in total. The van der Waals surface area contributed by atoms with E-state index in [-0.39, 0.29) is 0 Å². The summed E-state index contributed by atoms with van der Waals surface area (Å²) in [6.07, 6.45) is 1.84. The van der Waals surface area contributed by atoms with Gasteiger partial charge in [0.15, 0.2) is 0 Å². The molecule has 0 bridgehead atoms. The van der Waals surface area contributed by atoms with Crippen molar-refractivity contribution in [3.63, 3.8) is 0 Å². The molecule has 0 unspecified atom stereocenters. The van der Waals surface area contributed by atoms with Crippen LogP contribution >= 0.6 is 11.3 Å². The number of aromatic nitrogens is 3. The van der Waals surface area contributed by atoms with Crippen LogP contribution in [0.5, 0.6) is 0 Å². The minimum Gasteiger partial charge on any atom is -0.368 e. The third kappa shape index (κ3) is 3.10. The zero-order valence-corrected chi connectivity index (χ0v) is 14.8. The Morgan fingerprint density at radius 1 is 0.880 bits per heavy atom. The van der Waals surface area contributed by atoms with Gasteiger partial charge in [-0.05, 0) is 36.2 Å². The number of hydrogen-bond donors (Lipinski definition) is 1. The molecule has 0 aliphatic carbocycles. The molecule has 124 valence electrons. The van der Waals surface area contributed by atoms with Crippen LogP contribution in [0, 0.1) is 0 Å². The summed E-state index contributed by atoms with van der Waals surface area (Å²) in [4.78, 5) is 15.9. The SMILES string of the molecule is CCCc1nc(N)nc2ccc(-c3ccc(-c4ccccc4)s3)nc12. The van der Waals surface area contributed by atoms with Crippen LogP contribution in [0.1, 0.15) is 19.0 Å². The highest BCUT2D eigenvalue weighted by Crippen LogP contribution is 2.34. The topological polar surface area (TPSA) is 64.7 Å². The Morgan fingerprint density at radius 3 is 2.48 bits per heavy atom. The van der Waals surface area contributed by atoms with Crippen LogP contribution in [-0.2, 0) is 6.42 Å². The van der Waals surface area contributed by atoms with Crippen molar-refractivity contribution in [2.45, 2.75) is 19.8 Å². The third-order valence-corrected chi connectivity index (χ3v) is 5.19. The third-order valence-electron chi connectivity index (χ3n) is 4.04. The van der Waals surface area contributed by atoms with Gasteiger partial charge >= 0.3 is 0 Å². The minimum absolute atomic E-state index is 0.313. The van der Waals surface area contributed by atoms with E-state index in [2.05, 4.69) is 53.3 Å². The number of aryl methyl sites for hydroxylation is 1. The average Bonchev–Trinajstić information content (AvgIpc) is 3.12. The first-order valence-corrected chi connectivity index (χ1v) is 9.15. The molecule has 0 aliphatic rings. The lowest BCUT2D eigenvalue weighted by Crippen LogP contribution is -2.02. The number of pyridine rings is 1. The van der Waals surface area contributed by atoms with Crippen LogP contribution in [0.15, 0.2) is 54.6 Å². The number of nitrogen functional groups attached to an aromatic ring is 1. The highest BCUT2D eigenvalue weighted by molar-refractivity contribution is 7.18. The van der Waals surface area contributed by atoms with Crippen LogP contribution < -0.4 is 5.73 Å². The second kappa shape index (κ2) is 6.61. The molecule has 0 aliphatic heterocycles. The van der Waals surface area contributed by atoms with Crippen LogP contribution in [0.25, 0.3) is 32.0 Å². The molecule has 0 saturated heterocycles. The van der Waals surface area contributed by atoms with E-state index < -0.39 is 0 Å². The van der Waals surface area contributed by atoms with E-state index in [1.54, 1.807) is 11.3 Å². The highest BCUT2D eigenvalue weighted by Gasteiger charge is 2.11. The molecular weight excluding hydrogens is 328 g/mol. The van der Waals surface area contributed by atoms with E-state index in [1.807, 2.05) is 18.2 Å². The Balaban J connectivity index is 1.78. The number of anilines is 1. The predicted octanol–water partition coefficient (Wildman–Crippen LogP) is 4.96. The summed E-state index contributed by atoms with van der Waals surface area (Å²) in [5.41, 5.74) is 10.6. The van der Waals surface area contributed by atoms with Crippen molar-refractivity contribution in [2.24, 2.45) is 0 Å². The first kappa shape index (κ1) is 15.7. The second-order valence-electron chi connectivity index (χ2n) is 5.87. The largest absolute Gasteiger partial charge is 0.368 e. The number of thiophene rings is 1. The lowest BCUT2D eigenvalue weighted by Gasteiger charge is -2.06. The van der Waals surface area contributed by atoms with Crippen molar-refractivity contribution in [3.8, 4) is 21.0 Å². The van der Waals surface area contributed by atoms with Crippen molar-refractivity contribution in [1.82, 2.24) is 15.0 Å². The minimum atomic E-state index is 0.313. The molecular formula is C20H18N4S. The Labute approximate surface area is 150 Å². The first-order valence-electron chi connectivity index (χ1n) is 8.33. The zero-order chi connectivity index (χ0) is 17.2. The van der Waals surface area contributed by atoms with Gasteiger partial charge in [-0.15, -0.1) is 11.3 Å². The van der Waals surface area contributed by atoms with E-state index in [4.69, 9.17) is 10.7 Å². The van der Waals surface area contributed by atoms with Gasteiger partial charge in [0.1, 0.15) is 5.52 Å². The van der Waals surface area contributed by atoms with Crippen LogP contribution in [0.4, 0.5) is 5.95 Å². The average molecular weight is 346 g/mol. The van der Waals surface area contributed by atoms with Crippen molar-refractivity contribution in [3.05, 3.63) is 60.3 Å². The molecule has 0 fully saturated rings. The lowest BCUT2D eigenvalue weighted by atomic mass is 10.2. The molecule has 0 radical (unpaired) electrons. The Morgan fingerprint density at radius 2 is 1.68 bits per heavy atom. The summed E-state index contributed by atoms with van der Waals surface area (Å²) in [6, 6.07) is 18.7. The van der Waals surface area contributed by atoms with E-state index in [9.17, 15) is 0 Å². The van der Waals surface area contributed by atoms with Crippen LogP contribution in [0.2, 0.25) is 0 Å². The fraction of sp³-hybridized carbons (Fsp3) is 0.150. The Bertz CT molecular complexity index is 1020. The quantitative estimate of drug-likeness (QED) is 0.567. The standard InChI is InChI=1S/C20H18N4S/c1-2-6-15-19-16(24-20(21)23-15)10-9-14(22-19)18-12-11-17(25-18)13-7-4-3-5-8-13/h3-5,7-12H,2,6H2,1H3,(H2,21,23,24). The van der Waals surface area contributed by atoms with Gasteiger partial charge in [-0.2, -0.15) is 0 Å². The molecule has 25 heavy (non-hydrogen) atoms. The fourth-order valence-corrected chi connectivity index (χ4v) is 3.86. The predicted molar refractivity (Wildman–Crippen MR) is 104 cm³/mol. The molecule has 4 rings (SSSR count). The monoisotopic (exact) mass is 346 g/mol. The first-order chi connectivity index (χ1) is 12.2. The molecule has 4 aromatic rings. The van der Waals surface area contributed by atoms with E-state index >= 15 is 0 Å². The van der Waals surface area contributed by atoms with Crippen LogP contribution in [0.3, 0.4) is 0 Å². The maximum absolute atomic E-state index is 5.82. The number of nitrogens with zero attached hydrogens (tertiary/aromatic N) is 3. The molecule has 0 saturated carbocycles. The molecule has 0 spiro atoms. The highest BCUT2D eigenvalue weighted by atomic mass is 32.1. The number of rotatable bonds is 4. The maximum Gasteiger partial charge on any atom is 0.220 e. The van der Waals surface area contributed by atoms with Crippen molar-refractivity contribution in [2.75, 3.05) is 5.73 Å².